The summed E-state index contributed by atoms with van der Waals surface area (Å²) in [6, 6.07) is 0. The zero-order valence-electron chi connectivity index (χ0n) is 8.43. The Bertz CT molecular complexity index is 466. The number of aryl methyl sites for hydroxylation is 1. The number of nitrogens with zero attached hydrogens (tertiary/aromatic N) is 3. The normalized spacial score (nSPS) is 10.3. The molecule has 6 nitrogen and oxygen atoms in total. The molecule has 0 radical (unpaired) electrons. The Hall–Kier alpha value is -1.41. The van der Waals surface area contributed by atoms with Crippen LogP contribution in [0.2, 0.25) is 0 Å². The zero-order chi connectivity index (χ0) is 11.4. The fourth-order valence-corrected chi connectivity index (χ4v) is 2.23. The van der Waals surface area contributed by atoms with E-state index in [4.69, 9.17) is 0 Å². The molecule has 0 aliphatic rings. The minimum Gasteiger partial charge on any atom is -0.301 e. The van der Waals surface area contributed by atoms with Gasteiger partial charge in [-0.05, 0) is 6.92 Å². The average Bonchev–Trinajstić information content (AvgIpc) is 2.87. The third-order valence-electron chi connectivity index (χ3n) is 1.60. The molecule has 0 aliphatic carbocycles. The molecule has 0 saturated heterocycles. The first kappa shape index (κ1) is 11.1. The molecular formula is C8H9N5OS2. The van der Waals surface area contributed by atoms with Crippen LogP contribution in [0, 0.1) is 6.92 Å². The molecule has 16 heavy (non-hydrogen) atoms. The lowest BCUT2D eigenvalue weighted by molar-refractivity contribution is -0.113. The highest BCUT2D eigenvalue weighted by Crippen LogP contribution is 2.17. The Kier molecular flexibility index (Phi) is 3.52. The van der Waals surface area contributed by atoms with Crippen molar-refractivity contribution in [1.29, 1.82) is 0 Å². The van der Waals surface area contributed by atoms with E-state index in [0.29, 0.717) is 10.3 Å². The van der Waals surface area contributed by atoms with Gasteiger partial charge in [-0.3, -0.25) is 9.89 Å². The number of nitrogens with one attached hydrogen (secondary N) is 2. The highest BCUT2D eigenvalue weighted by atomic mass is 32.2. The summed E-state index contributed by atoms with van der Waals surface area (Å²) in [6.07, 6.45) is 3.13. The molecule has 1 amide bonds. The summed E-state index contributed by atoms with van der Waals surface area (Å²) in [5.74, 6) is 0.184. The van der Waals surface area contributed by atoms with Crippen LogP contribution in [-0.4, -0.2) is 31.8 Å². The number of hydrogen-bond donors (Lipinski definition) is 2. The van der Waals surface area contributed by atoms with Crippen molar-refractivity contribution in [1.82, 2.24) is 20.2 Å². The van der Waals surface area contributed by atoms with Crippen molar-refractivity contribution in [3.63, 3.8) is 0 Å². The molecule has 2 aromatic rings. The molecule has 0 fully saturated rings. The van der Waals surface area contributed by atoms with E-state index in [0.717, 1.165) is 4.88 Å². The predicted octanol–water partition coefficient (Wildman–Crippen LogP) is 1.30. The summed E-state index contributed by atoms with van der Waals surface area (Å²) < 4.78 is 0. The van der Waals surface area contributed by atoms with Crippen LogP contribution in [0.5, 0.6) is 0 Å². The summed E-state index contributed by atoms with van der Waals surface area (Å²) in [7, 11) is 0. The first-order valence-corrected chi connectivity index (χ1v) is 6.24. The number of aromatic amines is 1. The Morgan fingerprint density at radius 3 is 3.12 bits per heavy atom. The molecule has 0 saturated carbocycles. The van der Waals surface area contributed by atoms with Gasteiger partial charge in [0.05, 0.1) is 5.75 Å². The lowest BCUT2D eigenvalue weighted by Crippen LogP contribution is -2.13. The molecule has 0 aromatic carbocycles. The van der Waals surface area contributed by atoms with E-state index in [-0.39, 0.29) is 11.7 Å². The Morgan fingerprint density at radius 1 is 1.62 bits per heavy atom. The molecule has 0 bridgehead atoms. The smallest absolute Gasteiger partial charge is 0.236 e. The van der Waals surface area contributed by atoms with Gasteiger partial charge < -0.3 is 5.32 Å². The van der Waals surface area contributed by atoms with E-state index in [1.54, 1.807) is 6.20 Å². The van der Waals surface area contributed by atoms with Crippen LogP contribution in [0.1, 0.15) is 4.88 Å². The quantitative estimate of drug-likeness (QED) is 0.804. The number of hydrogen-bond acceptors (Lipinski definition) is 6. The highest BCUT2D eigenvalue weighted by Gasteiger charge is 2.07. The maximum absolute atomic E-state index is 11.5. The first-order valence-electron chi connectivity index (χ1n) is 4.44. The fourth-order valence-electron chi connectivity index (χ4n) is 0.966. The molecule has 8 heteroatoms. The van der Waals surface area contributed by atoms with Gasteiger partial charge in [0.2, 0.25) is 5.91 Å². The second-order valence-corrected chi connectivity index (χ2v) is 5.10. The number of amides is 1. The maximum atomic E-state index is 11.5. The van der Waals surface area contributed by atoms with E-state index in [1.165, 1.54) is 29.4 Å². The topological polar surface area (TPSA) is 83.6 Å². The molecule has 0 aliphatic heterocycles. The van der Waals surface area contributed by atoms with Gasteiger partial charge in [-0.25, -0.2) is 9.97 Å². The number of H-pyrrole nitrogens is 1. The van der Waals surface area contributed by atoms with Gasteiger partial charge >= 0.3 is 0 Å². The van der Waals surface area contributed by atoms with Crippen LogP contribution in [0.3, 0.4) is 0 Å². The lowest BCUT2D eigenvalue weighted by Gasteiger charge is -1.98. The maximum Gasteiger partial charge on any atom is 0.236 e. The van der Waals surface area contributed by atoms with Gasteiger partial charge in [-0.1, -0.05) is 11.8 Å². The SMILES string of the molecule is Cc1cnc(NC(=O)CSc2ncn[nH]2)s1. The molecule has 2 rings (SSSR count). The summed E-state index contributed by atoms with van der Waals surface area (Å²) in [4.78, 5) is 20.5. The van der Waals surface area contributed by atoms with Crippen LogP contribution in [0.4, 0.5) is 5.13 Å². The third kappa shape index (κ3) is 3.04. The van der Waals surface area contributed by atoms with Gasteiger partial charge in [-0.2, -0.15) is 5.10 Å². The zero-order valence-corrected chi connectivity index (χ0v) is 10.1. The average molecular weight is 255 g/mol. The van der Waals surface area contributed by atoms with Gasteiger partial charge in [0.1, 0.15) is 6.33 Å². The Labute approximate surface area is 99.9 Å². The Balaban J connectivity index is 1.81. The minimum absolute atomic E-state index is 0.101. The summed E-state index contributed by atoms with van der Waals surface area (Å²) in [5.41, 5.74) is 0. The number of aromatic nitrogens is 4. The number of thiazole rings is 1. The van der Waals surface area contributed by atoms with Crippen molar-refractivity contribution in [2.24, 2.45) is 0 Å². The van der Waals surface area contributed by atoms with Crippen molar-refractivity contribution >= 4 is 34.1 Å². The monoisotopic (exact) mass is 255 g/mol. The predicted molar refractivity (Wildman–Crippen MR) is 62.6 cm³/mol. The fraction of sp³-hybridized carbons (Fsp3) is 0.250. The molecule has 0 atom stereocenters. The molecule has 2 N–H and O–H groups in total. The van der Waals surface area contributed by atoms with Crippen molar-refractivity contribution in [3.05, 3.63) is 17.4 Å². The molecule has 2 aromatic heterocycles. The van der Waals surface area contributed by atoms with Crippen molar-refractivity contribution in [3.8, 4) is 0 Å². The van der Waals surface area contributed by atoms with Crippen LogP contribution >= 0.6 is 23.1 Å². The lowest BCUT2D eigenvalue weighted by atomic mass is 10.6. The van der Waals surface area contributed by atoms with Crippen LogP contribution < -0.4 is 5.32 Å². The van der Waals surface area contributed by atoms with Gasteiger partial charge in [0.15, 0.2) is 10.3 Å². The van der Waals surface area contributed by atoms with E-state index < -0.39 is 0 Å². The molecular weight excluding hydrogens is 246 g/mol. The van der Waals surface area contributed by atoms with Gasteiger partial charge in [-0.15, -0.1) is 11.3 Å². The van der Waals surface area contributed by atoms with E-state index in [2.05, 4.69) is 25.5 Å². The van der Waals surface area contributed by atoms with Crippen molar-refractivity contribution in [2.45, 2.75) is 12.1 Å². The second-order valence-electron chi connectivity index (χ2n) is 2.90. The largest absolute Gasteiger partial charge is 0.301 e. The number of carbonyl (C=O) groups excluding carboxylic acids is 1. The molecule has 2 heterocycles. The standard InChI is InChI=1S/C8H9N5OS2/c1-5-2-9-7(16-5)12-6(14)3-15-8-10-4-11-13-8/h2,4H,3H2,1H3,(H,9,12,14)(H,10,11,13). The molecule has 84 valence electrons. The summed E-state index contributed by atoms with van der Waals surface area (Å²) >= 11 is 2.75. The second kappa shape index (κ2) is 5.08. The first-order chi connectivity index (χ1) is 7.74. The molecule has 0 unspecified atom stereocenters. The van der Waals surface area contributed by atoms with Crippen LogP contribution in [-0.2, 0) is 4.79 Å². The van der Waals surface area contributed by atoms with E-state index >= 15 is 0 Å². The van der Waals surface area contributed by atoms with Crippen molar-refractivity contribution in [2.75, 3.05) is 11.1 Å². The van der Waals surface area contributed by atoms with Crippen LogP contribution in [0.25, 0.3) is 0 Å². The summed E-state index contributed by atoms with van der Waals surface area (Å²) in [5, 5.41) is 10.3. The Morgan fingerprint density at radius 2 is 2.50 bits per heavy atom. The van der Waals surface area contributed by atoms with E-state index in [9.17, 15) is 4.79 Å². The molecule has 0 spiro atoms. The number of anilines is 1. The number of carbonyl (C=O) groups is 1. The van der Waals surface area contributed by atoms with Gasteiger partial charge in [0, 0.05) is 11.1 Å². The summed E-state index contributed by atoms with van der Waals surface area (Å²) in [6.45, 7) is 1.94. The highest BCUT2D eigenvalue weighted by molar-refractivity contribution is 7.99. The number of rotatable bonds is 4. The minimum atomic E-state index is -0.101. The van der Waals surface area contributed by atoms with E-state index in [1.807, 2.05) is 6.92 Å². The third-order valence-corrected chi connectivity index (χ3v) is 3.31. The van der Waals surface area contributed by atoms with Crippen LogP contribution in [0.15, 0.2) is 17.7 Å². The van der Waals surface area contributed by atoms with Gasteiger partial charge in [0.25, 0.3) is 0 Å². The number of thioether (sulfide) groups is 1. The van der Waals surface area contributed by atoms with Crippen molar-refractivity contribution < 1.29 is 4.79 Å².